The van der Waals surface area contributed by atoms with Crippen LogP contribution in [0.15, 0.2) is 33.9 Å². The maximum Gasteiger partial charge on any atom is 0.326 e. The predicted molar refractivity (Wildman–Crippen MR) is 105 cm³/mol. The molecule has 1 amide bonds. The minimum atomic E-state index is -0.805. The number of amides is 1. The van der Waals surface area contributed by atoms with Gasteiger partial charge >= 0.3 is 5.69 Å². The second kappa shape index (κ2) is 8.93. The molecule has 5 N–H and O–H groups in total. The highest BCUT2D eigenvalue weighted by atomic mass is 16.5. The first-order chi connectivity index (χ1) is 12.8. The van der Waals surface area contributed by atoms with E-state index in [2.05, 4.69) is 29.0 Å². The van der Waals surface area contributed by atoms with Crippen LogP contribution in [0.25, 0.3) is 0 Å². The molecule has 146 valence electrons. The van der Waals surface area contributed by atoms with Gasteiger partial charge in [0.05, 0.1) is 6.04 Å². The molecule has 0 radical (unpaired) electrons. The van der Waals surface area contributed by atoms with Gasteiger partial charge in [0.25, 0.3) is 11.5 Å². The number of hydrogen-bond donors (Lipinski definition) is 4. The van der Waals surface area contributed by atoms with E-state index in [0.29, 0.717) is 5.75 Å². The Morgan fingerprint density at radius 3 is 2.63 bits per heavy atom. The summed E-state index contributed by atoms with van der Waals surface area (Å²) in [4.78, 5) is 41.4. The van der Waals surface area contributed by atoms with Crippen molar-refractivity contribution >= 4 is 17.3 Å². The second-order valence-corrected chi connectivity index (χ2v) is 6.05. The van der Waals surface area contributed by atoms with Gasteiger partial charge in [-0.3, -0.25) is 14.6 Å². The second-order valence-electron chi connectivity index (χ2n) is 6.05. The van der Waals surface area contributed by atoms with Crippen molar-refractivity contribution in [3.63, 3.8) is 0 Å². The number of H-pyrrole nitrogens is 2. The molecular weight excluding hydrogens is 350 g/mol. The van der Waals surface area contributed by atoms with Gasteiger partial charge in [0, 0.05) is 24.8 Å². The first-order valence-electron chi connectivity index (χ1n) is 8.76. The SMILES string of the molecule is CCN(CC)c1cccc(OC[C@@H](C)NC(=O)c2[nH]c(=O)[nH]c(=O)c2N)c1. The number of hydrogen-bond acceptors (Lipinski definition) is 6. The summed E-state index contributed by atoms with van der Waals surface area (Å²) < 4.78 is 5.75. The fraction of sp³-hybridized carbons (Fsp3) is 0.389. The molecule has 9 nitrogen and oxygen atoms in total. The highest BCUT2D eigenvalue weighted by molar-refractivity contribution is 5.96. The number of benzene rings is 1. The van der Waals surface area contributed by atoms with Gasteiger partial charge in [-0.1, -0.05) is 6.07 Å². The zero-order valence-electron chi connectivity index (χ0n) is 15.7. The Hall–Kier alpha value is -3.23. The third-order valence-corrected chi connectivity index (χ3v) is 4.03. The molecule has 0 fully saturated rings. The van der Waals surface area contributed by atoms with Crippen molar-refractivity contribution < 1.29 is 9.53 Å². The number of ether oxygens (including phenoxy) is 1. The van der Waals surface area contributed by atoms with Crippen molar-refractivity contribution in [1.29, 1.82) is 0 Å². The molecule has 0 bridgehead atoms. The molecule has 9 heteroatoms. The van der Waals surface area contributed by atoms with Crippen molar-refractivity contribution in [2.75, 3.05) is 30.3 Å². The molecule has 0 saturated carbocycles. The topological polar surface area (TPSA) is 133 Å². The first kappa shape index (κ1) is 20.1. The van der Waals surface area contributed by atoms with Crippen LogP contribution in [0.4, 0.5) is 11.4 Å². The van der Waals surface area contributed by atoms with Crippen molar-refractivity contribution in [1.82, 2.24) is 15.3 Å². The van der Waals surface area contributed by atoms with Gasteiger partial charge in [-0.05, 0) is 32.9 Å². The lowest BCUT2D eigenvalue weighted by Crippen LogP contribution is -2.40. The van der Waals surface area contributed by atoms with Crippen LogP contribution in [0.2, 0.25) is 0 Å². The highest BCUT2D eigenvalue weighted by Crippen LogP contribution is 2.21. The molecule has 0 aliphatic rings. The standard InChI is InChI=1S/C18H25N5O4/c1-4-23(5-2)12-7-6-8-13(9-12)27-10-11(3)20-17(25)15-14(19)16(24)22-18(26)21-15/h6-9,11H,4-5,10,19H2,1-3H3,(H,20,25)(H2,21,22,24,26)/t11-/m1/s1. The Morgan fingerprint density at radius 1 is 1.26 bits per heavy atom. The Labute approximate surface area is 156 Å². The third kappa shape index (κ3) is 5.13. The molecule has 27 heavy (non-hydrogen) atoms. The minimum Gasteiger partial charge on any atom is -0.491 e. The van der Waals surface area contributed by atoms with E-state index in [1.165, 1.54) is 0 Å². The summed E-state index contributed by atoms with van der Waals surface area (Å²) in [5, 5.41) is 2.64. The number of nitrogens with one attached hydrogen (secondary N) is 3. The van der Waals surface area contributed by atoms with Gasteiger partial charge < -0.3 is 25.7 Å². The Balaban J connectivity index is 2.00. The smallest absolute Gasteiger partial charge is 0.326 e. The highest BCUT2D eigenvalue weighted by Gasteiger charge is 2.16. The number of carbonyl (C=O) groups excluding carboxylic acids is 1. The molecule has 1 aromatic carbocycles. The predicted octanol–water partition coefficient (Wildman–Crippen LogP) is 0.689. The lowest BCUT2D eigenvalue weighted by atomic mass is 10.2. The zero-order chi connectivity index (χ0) is 20.0. The van der Waals surface area contributed by atoms with Crippen molar-refractivity contribution in [2.45, 2.75) is 26.8 Å². The van der Waals surface area contributed by atoms with E-state index in [-0.39, 0.29) is 24.0 Å². The quantitative estimate of drug-likeness (QED) is 0.536. The number of nitrogens with two attached hydrogens (primary N) is 1. The number of anilines is 2. The molecule has 0 saturated heterocycles. The van der Waals surface area contributed by atoms with E-state index in [1.807, 2.05) is 29.2 Å². The Morgan fingerprint density at radius 2 is 1.96 bits per heavy atom. The summed E-state index contributed by atoms with van der Waals surface area (Å²) in [5.74, 6) is 0.0354. The summed E-state index contributed by atoms with van der Waals surface area (Å²) >= 11 is 0. The van der Waals surface area contributed by atoms with Gasteiger partial charge in [-0.2, -0.15) is 0 Å². The number of nitrogen functional groups attached to an aromatic ring is 1. The molecular formula is C18H25N5O4. The van der Waals surface area contributed by atoms with Crippen LogP contribution >= 0.6 is 0 Å². The van der Waals surface area contributed by atoms with Crippen LogP contribution < -0.4 is 31.9 Å². The van der Waals surface area contributed by atoms with Crippen LogP contribution in [-0.4, -0.2) is 41.6 Å². The maximum atomic E-state index is 12.2. The molecule has 0 unspecified atom stereocenters. The van der Waals surface area contributed by atoms with Crippen molar-refractivity contribution in [2.24, 2.45) is 0 Å². The molecule has 1 aromatic heterocycles. The minimum absolute atomic E-state index is 0.209. The summed E-state index contributed by atoms with van der Waals surface area (Å²) in [5.41, 5.74) is 4.41. The third-order valence-electron chi connectivity index (χ3n) is 4.03. The molecule has 0 spiro atoms. The number of carbonyl (C=O) groups is 1. The van der Waals surface area contributed by atoms with Crippen LogP contribution in [-0.2, 0) is 0 Å². The number of nitrogens with zero attached hydrogens (tertiary/aromatic N) is 1. The fourth-order valence-corrected chi connectivity index (χ4v) is 2.59. The van der Waals surface area contributed by atoms with E-state index < -0.39 is 17.2 Å². The largest absolute Gasteiger partial charge is 0.491 e. The summed E-state index contributed by atoms with van der Waals surface area (Å²) in [6, 6.07) is 7.32. The maximum absolute atomic E-state index is 12.2. The normalized spacial score (nSPS) is 11.7. The van der Waals surface area contributed by atoms with Crippen LogP contribution in [0, 0.1) is 0 Å². The first-order valence-corrected chi connectivity index (χ1v) is 8.76. The van der Waals surface area contributed by atoms with Crippen molar-refractivity contribution in [3.05, 3.63) is 50.8 Å². The monoisotopic (exact) mass is 375 g/mol. The molecule has 0 aliphatic carbocycles. The summed E-state index contributed by atoms with van der Waals surface area (Å²) in [7, 11) is 0. The van der Waals surface area contributed by atoms with Crippen LogP contribution in [0.3, 0.4) is 0 Å². The average molecular weight is 375 g/mol. The van der Waals surface area contributed by atoms with E-state index >= 15 is 0 Å². The molecule has 0 aliphatic heterocycles. The van der Waals surface area contributed by atoms with E-state index in [9.17, 15) is 14.4 Å². The number of aromatic amines is 2. The molecule has 2 rings (SSSR count). The van der Waals surface area contributed by atoms with Crippen molar-refractivity contribution in [3.8, 4) is 5.75 Å². The Bertz CT molecular complexity index is 901. The molecule has 2 aromatic rings. The van der Waals surface area contributed by atoms with Gasteiger partial charge in [0.15, 0.2) is 0 Å². The molecule has 1 heterocycles. The summed E-state index contributed by atoms with van der Waals surface area (Å²) in [6.07, 6.45) is 0. The summed E-state index contributed by atoms with van der Waals surface area (Å²) in [6.45, 7) is 7.90. The number of rotatable bonds is 8. The van der Waals surface area contributed by atoms with Gasteiger partial charge in [-0.25, -0.2) is 4.79 Å². The van der Waals surface area contributed by atoms with Crippen LogP contribution in [0.1, 0.15) is 31.3 Å². The van der Waals surface area contributed by atoms with E-state index in [0.717, 1.165) is 18.8 Å². The van der Waals surface area contributed by atoms with E-state index in [1.54, 1.807) is 6.92 Å². The Kier molecular flexibility index (Phi) is 6.64. The lowest BCUT2D eigenvalue weighted by molar-refractivity contribution is 0.0922. The van der Waals surface area contributed by atoms with Gasteiger partial charge in [0.2, 0.25) is 0 Å². The lowest BCUT2D eigenvalue weighted by Gasteiger charge is -2.22. The van der Waals surface area contributed by atoms with E-state index in [4.69, 9.17) is 10.5 Å². The number of aromatic nitrogens is 2. The molecule has 1 atom stereocenters. The zero-order valence-corrected chi connectivity index (χ0v) is 15.7. The average Bonchev–Trinajstić information content (AvgIpc) is 2.64. The van der Waals surface area contributed by atoms with Crippen LogP contribution in [0.5, 0.6) is 5.75 Å². The fourth-order valence-electron chi connectivity index (χ4n) is 2.59. The van der Waals surface area contributed by atoms with Gasteiger partial charge in [0.1, 0.15) is 23.7 Å². The van der Waals surface area contributed by atoms with Gasteiger partial charge in [-0.15, -0.1) is 0 Å².